The number of nitrogens with one attached hydrogen (secondary N) is 2. The predicted octanol–water partition coefficient (Wildman–Crippen LogP) is 1.12. The zero-order valence-corrected chi connectivity index (χ0v) is 8.60. The molecule has 82 valence electrons. The lowest BCUT2D eigenvalue weighted by Crippen LogP contribution is -2.11. The van der Waals surface area contributed by atoms with Crippen LogP contribution in [0, 0.1) is 0 Å². The number of nitrogens with zero attached hydrogens (tertiary/aromatic N) is 1. The summed E-state index contributed by atoms with van der Waals surface area (Å²) in [4.78, 5) is 11.0. The van der Waals surface area contributed by atoms with Gasteiger partial charge in [-0.1, -0.05) is 12.1 Å². The van der Waals surface area contributed by atoms with Gasteiger partial charge >= 0.3 is 0 Å². The summed E-state index contributed by atoms with van der Waals surface area (Å²) in [6.07, 6.45) is 3.45. The van der Waals surface area contributed by atoms with Crippen LogP contribution in [0.5, 0.6) is 0 Å². The zero-order valence-electron chi connectivity index (χ0n) is 8.60. The lowest BCUT2D eigenvalue weighted by molar-refractivity contribution is 0.1000. The van der Waals surface area contributed by atoms with E-state index in [1.807, 2.05) is 12.1 Å². The minimum Gasteiger partial charge on any atom is -0.378 e. The molecule has 0 fully saturated rings. The Morgan fingerprint density at radius 2 is 2.38 bits per heavy atom. The smallest absolute Gasteiger partial charge is 0.248 e. The molecule has 1 heterocycles. The third kappa shape index (κ3) is 2.38. The van der Waals surface area contributed by atoms with Gasteiger partial charge in [0, 0.05) is 18.3 Å². The van der Waals surface area contributed by atoms with Gasteiger partial charge in [-0.25, -0.2) is 0 Å². The fourth-order valence-corrected chi connectivity index (χ4v) is 1.39. The summed E-state index contributed by atoms with van der Waals surface area (Å²) >= 11 is 0. The van der Waals surface area contributed by atoms with E-state index in [4.69, 9.17) is 5.73 Å². The first-order chi connectivity index (χ1) is 7.75. The maximum absolute atomic E-state index is 11.0. The van der Waals surface area contributed by atoms with Crippen LogP contribution >= 0.6 is 0 Å². The number of primary amides is 1. The van der Waals surface area contributed by atoms with Gasteiger partial charge in [0.05, 0.1) is 11.9 Å². The number of aromatic amines is 1. The molecule has 0 aliphatic rings. The van der Waals surface area contributed by atoms with Crippen molar-refractivity contribution in [2.24, 2.45) is 5.73 Å². The van der Waals surface area contributed by atoms with Crippen molar-refractivity contribution in [3.05, 3.63) is 47.8 Å². The van der Waals surface area contributed by atoms with Gasteiger partial charge in [-0.2, -0.15) is 5.10 Å². The second kappa shape index (κ2) is 4.48. The Bertz CT molecular complexity index is 478. The number of aromatic nitrogens is 2. The highest BCUT2D eigenvalue weighted by molar-refractivity contribution is 5.92. The number of amides is 1. The van der Waals surface area contributed by atoms with Crippen molar-refractivity contribution in [3.8, 4) is 0 Å². The summed E-state index contributed by atoms with van der Waals surface area (Å²) in [7, 11) is 0. The van der Waals surface area contributed by atoms with Crippen LogP contribution in [0.1, 0.15) is 15.9 Å². The molecule has 0 aliphatic heterocycles. The summed E-state index contributed by atoms with van der Waals surface area (Å²) in [5, 5.41) is 9.69. The monoisotopic (exact) mass is 216 g/mol. The van der Waals surface area contributed by atoms with E-state index in [-0.39, 0.29) is 0 Å². The van der Waals surface area contributed by atoms with E-state index in [1.165, 1.54) is 0 Å². The van der Waals surface area contributed by atoms with Gasteiger partial charge in [0.2, 0.25) is 5.91 Å². The second-order valence-electron chi connectivity index (χ2n) is 3.41. The van der Waals surface area contributed by atoms with Crippen molar-refractivity contribution >= 4 is 11.6 Å². The van der Waals surface area contributed by atoms with E-state index in [0.29, 0.717) is 12.1 Å². The fourth-order valence-electron chi connectivity index (χ4n) is 1.39. The fraction of sp³-hybridized carbons (Fsp3) is 0.0909. The van der Waals surface area contributed by atoms with Gasteiger partial charge in [0.25, 0.3) is 0 Å². The van der Waals surface area contributed by atoms with Gasteiger partial charge in [-0.15, -0.1) is 0 Å². The highest BCUT2D eigenvalue weighted by Gasteiger charge is 2.01. The van der Waals surface area contributed by atoms with Crippen LogP contribution in [0.4, 0.5) is 5.69 Å². The summed E-state index contributed by atoms with van der Waals surface area (Å²) in [6, 6.07) is 7.21. The minimum absolute atomic E-state index is 0.412. The Morgan fingerprint density at radius 3 is 3.06 bits per heavy atom. The van der Waals surface area contributed by atoms with Crippen molar-refractivity contribution in [2.45, 2.75) is 6.54 Å². The van der Waals surface area contributed by atoms with Gasteiger partial charge in [0.1, 0.15) is 0 Å². The van der Waals surface area contributed by atoms with E-state index in [2.05, 4.69) is 15.5 Å². The molecule has 2 aromatic rings. The number of benzene rings is 1. The molecule has 0 spiro atoms. The van der Waals surface area contributed by atoms with Crippen LogP contribution in [-0.2, 0) is 6.54 Å². The number of rotatable bonds is 4. The zero-order chi connectivity index (χ0) is 11.4. The predicted molar refractivity (Wildman–Crippen MR) is 60.9 cm³/mol. The van der Waals surface area contributed by atoms with Crippen LogP contribution in [0.15, 0.2) is 36.7 Å². The quantitative estimate of drug-likeness (QED) is 0.716. The van der Waals surface area contributed by atoms with Crippen molar-refractivity contribution in [3.63, 3.8) is 0 Å². The highest BCUT2D eigenvalue weighted by atomic mass is 16.1. The van der Waals surface area contributed by atoms with E-state index in [1.54, 1.807) is 24.5 Å². The molecule has 5 nitrogen and oxygen atoms in total. The molecule has 0 bridgehead atoms. The third-order valence-corrected chi connectivity index (χ3v) is 2.21. The Morgan fingerprint density at radius 1 is 1.50 bits per heavy atom. The molecule has 0 saturated heterocycles. The molecule has 16 heavy (non-hydrogen) atoms. The average molecular weight is 216 g/mol. The van der Waals surface area contributed by atoms with Crippen LogP contribution in [0.2, 0.25) is 0 Å². The molecule has 4 N–H and O–H groups in total. The maximum atomic E-state index is 11.0. The number of hydrogen-bond acceptors (Lipinski definition) is 3. The van der Waals surface area contributed by atoms with Crippen LogP contribution in [0.3, 0.4) is 0 Å². The molecule has 0 unspecified atom stereocenters. The third-order valence-electron chi connectivity index (χ3n) is 2.21. The normalized spacial score (nSPS) is 10.0. The molecule has 1 aromatic carbocycles. The van der Waals surface area contributed by atoms with E-state index in [9.17, 15) is 4.79 Å². The number of anilines is 1. The number of nitrogens with two attached hydrogens (primary N) is 1. The second-order valence-corrected chi connectivity index (χ2v) is 3.41. The Hall–Kier alpha value is -2.30. The molecule has 1 aromatic heterocycles. The van der Waals surface area contributed by atoms with Gasteiger partial charge in [0.15, 0.2) is 0 Å². The summed E-state index contributed by atoms with van der Waals surface area (Å²) in [5.74, 6) is -0.412. The molecule has 0 atom stereocenters. The summed E-state index contributed by atoms with van der Waals surface area (Å²) in [5.41, 5.74) is 7.62. The van der Waals surface area contributed by atoms with E-state index in [0.717, 1.165) is 11.3 Å². The first-order valence-corrected chi connectivity index (χ1v) is 4.87. The van der Waals surface area contributed by atoms with Crippen LogP contribution in [-0.4, -0.2) is 16.1 Å². The minimum atomic E-state index is -0.412. The molecule has 0 aliphatic carbocycles. The van der Waals surface area contributed by atoms with Crippen molar-refractivity contribution in [1.29, 1.82) is 0 Å². The van der Waals surface area contributed by atoms with Crippen molar-refractivity contribution < 1.29 is 4.79 Å². The molecular weight excluding hydrogens is 204 g/mol. The Balaban J connectivity index is 2.04. The number of hydrogen-bond donors (Lipinski definition) is 3. The molecule has 5 heteroatoms. The van der Waals surface area contributed by atoms with Crippen molar-refractivity contribution in [1.82, 2.24) is 10.2 Å². The van der Waals surface area contributed by atoms with Gasteiger partial charge < -0.3 is 11.1 Å². The Labute approximate surface area is 92.7 Å². The number of carbonyl (C=O) groups excluding carboxylic acids is 1. The molecule has 2 rings (SSSR count). The van der Waals surface area contributed by atoms with Crippen molar-refractivity contribution in [2.75, 3.05) is 5.32 Å². The molecular formula is C11H12N4O. The van der Waals surface area contributed by atoms with Gasteiger partial charge in [-0.3, -0.25) is 9.89 Å². The maximum Gasteiger partial charge on any atom is 0.248 e. The highest BCUT2D eigenvalue weighted by Crippen LogP contribution is 2.08. The number of H-pyrrole nitrogens is 1. The van der Waals surface area contributed by atoms with Crippen LogP contribution < -0.4 is 11.1 Å². The summed E-state index contributed by atoms with van der Waals surface area (Å²) in [6.45, 7) is 0.626. The average Bonchev–Trinajstić information content (AvgIpc) is 2.79. The van der Waals surface area contributed by atoms with Gasteiger partial charge in [-0.05, 0) is 17.7 Å². The van der Waals surface area contributed by atoms with E-state index >= 15 is 0 Å². The SMILES string of the molecule is NC(=O)c1cccc(CNc2cn[nH]c2)c1. The Kier molecular flexibility index (Phi) is 2.86. The molecule has 0 radical (unpaired) electrons. The van der Waals surface area contributed by atoms with Crippen LogP contribution in [0.25, 0.3) is 0 Å². The van der Waals surface area contributed by atoms with E-state index < -0.39 is 5.91 Å². The first kappa shape index (κ1) is 10.2. The number of carbonyl (C=O) groups is 1. The standard InChI is InChI=1S/C11H12N4O/c12-11(16)9-3-1-2-8(4-9)5-13-10-6-14-15-7-10/h1-4,6-7,13H,5H2,(H2,12,16)(H,14,15). The lowest BCUT2D eigenvalue weighted by Gasteiger charge is -2.04. The topological polar surface area (TPSA) is 83.8 Å². The molecule has 1 amide bonds. The molecule has 0 saturated carbocycles. The summed E-state index contributed by atoms with van der Waals surface area (Å²) < 4.78 is 0. The largest absolute Gasteiger partial charge is 0.378 e. The lowest BCUT2D eigenvalue weighted by atomic mass is 10.1. The first-order valence-electron chi connectivity index (χ1n) is 4.87.